The summed E-state index contributed by atoms with van der Waals surface area (Å²) in [6.45, 7) is 6.36. The summed E-state index contributed by atoms with van der Waals surface area (Å²) in [6, 6.07) is -0.374. The number of carbonyl (C=O) groups excluding carboxylic acids is 1. The van der Waals surface area contributed by atoms with Crippen molar-refractivity contribution >= 4 is 6.03 Å². The van der Waals surface area contributed by atoms with Crippen LogP contribution in [-0.4, -0.2) is 23.2 Å². The molecule has 0 bridgehead atoms. The van der Waals surface area contributed by atoms with Crippen LogP contribution in [0.15, 0.2) is 0 Å². The Balaban J connectivity index is 2.45. The zero-order valence-corrected chi connectivity index (χ0v) is 11.0. The third-order valence-corrected chi connectivity index (χ3v) is 2.75. The molecule has 1 aliphatic rings. The molecule has 0 aromatic rings. The molecule has 0 spiro atoms. The summed E-state index contributed by atoms with van der Waals surface area (Å²) in [5.74, 6) is 5.68. The van der Waals surface area contributed by atoms with Gasteiger partial charge in [-0.25, -0.2) is 15.6 Å². The summed E-state index contributed by atoms with van der Waals surface area (Å²) in [6.07, 6.45) is 4.79. The molecule has 0 heterocycles. The van der Waals surface area contributed by atoms with E-state index >= 15 is 0 Å². The maximum atomic E-state index is 11.6. The molecule has 0 unspecified atom stereocenters. The second-order valence-corrected chi connectivity index (χ2v) is 5.52. The van der Waals surface area contributed by atoms with Crippen molar-refractivity contribution in [2.24, 2.45) is 11.8 Å². The zero-order chi connectivity index (χ0) is 12.9. The average molecular weight is 244 g/mol. The van der Waals surface area contributed by atoms with Gasteiger partial charge in [0, 0.05) is 6.54 Å². The molecule has 1 fully saturated rings. The number of nitrogens with two attached hydrogens (primary N) is 1. The number of amides is 2. The van der Waals surface area contributed by atoms with Crippen LogP contribution in [0.5, 0.6) is 0 Å². The first-order valence-corrected chi connectivity index (χ1v) is 6.14. The molecule has 0 saturated heterocycles. The van der Waals surface area contributed by atoms with Crippen molar-refractivity contribution in [3.05, 3.63) is 0 Å². The van der Waals surface area contributed by atoms with Crippen LogP contribution in [0, 0.1) is 5.92 Å². The van der Waals surface area contributed by atoms with Gasteiger partial charge in [0.05, 0.1) is 5.60 Å². The number of nitrogens with zero attached hydrogens (tertiary/aromatic N) is 1. The van der Waals surface area contributed by atoms with Crippen molar-refractivity contribution in [3.63, 3.8) is 0 Å². The highest BCUT2D eigenvalue weighted by molar-refractivity contribution is 5.72. The van der Waals surface area contributed by atoms with Gasteiger partial charge in [0.1, 0.15) is 0 Å². The number of nitrogens with one attached hydrogen (secondary N) is 2. The quantitative estimate of drug-likeness (QED) is 0.395. The van der Waals surface area contributed by atoms with E-state index in [1.165, 1.54) is 17.9 Å². The highest BCUT2D eigenvalue weighted by Gasteiger charge is 2.23. The second kappa shape index (κ2) is 6.18. The summed E-state index contributed by atoms with van der Waals surface area (Å²) >= 11 is 0. The number of hydrazine groups is 2. The largest absolute Gasteiger partial charge is 0.347 e. The first-order chi connectivity index (χ1) is 7.92. The number of rotatable bonds is 4. The van der Waals surface area contributed by atoms with E-state index < -0.39 is 0 Å². The van der Waals surface area contributed by atoms with Gasteiger partial charge in [0.15, 0.2) is 0 Å². The number of hydrogen-bond donors (Lipinski definition) is 3. The highest BCUT2D eigenvalue weighted by atomic mass is 16.7. The van der Waals surface area contributed by atoms with Crippen LogP contribution in [0.4, 0.5) is 4.79 Å². The van der Waals surface area contributed by atoms with Crippen LogP contribution < -0.4 is 16.9 Å². The smallest absolute Gasteiger partial charge is 0.276 e. The Labute approximate surface area is 103 Å². The SMILES string of the molecule is CC(C)(C)ONN(CC1CCCC1)C(=O)NN. The molecule has 17 heavy (non-hydrogen) atoms. The molecule has 6 nitrogen and oxygen atoms in total. The van der Waals surface area contributed by atoms with Gasteiger partial charge in [-0.2, -0.15) is 0 Å². The lowest BCUT2D eigenvalue weighted by Gasteiger charge is -2.29. The molecule has 1 saturated carbocycles. The summed E-state index contributed by atoms with van der Waals surface area (Å²) in [5.41, 5.74) is 4.44. The van der Waals surface area contributed by atoms with E-state index in [-0.39, 0.29) is 11.6 Å². The summed E-state index contributed by atoms with van der Waals surface area (Å²) in [7, 11) is 0. The van der Waals surface area contributed by atoms with Crippen molar-refractivity contribution in [2.75, 3.05) is 6.54 Å². The van der Waals surface area contributed by atoms with E-state index in [1.807, 2.05) is 20.8 Å². The molecule has 0 atom stereocenters. The lowest BCUT2D eigenvalue weighted by molar-refractivity contribution is -0.141. The molecule has 0 aromatic heterocycles. The van der Waals surface area contributed by atoms with Gasteiger partial charge in [-0.05, 0) is 39.5 Å². The monoisotopic (exact) mass is 244 g/mol. The average Bonchev–Trinajstić information content (AvgIpc) is 2.74. The van der Waals surface area contributed by atoms with Gasteiger partial charge in [0.2, 0.25) is 0 Å². The van der Waals surface area contributed by atoms with E-state index in [1.54, 1.807) is 0 Å². The van der Waals surface area contributed by atoms with E-state index in [4.69, 9.17) is 10.7 Å². The van der Waals surface area contributed by atoms with Crippen molar-refractivity contribution in [2.45, 2.75) is 52.1 Å². The molecule has 6 heteroatoms. The van der Waals surface area contributed by atoms with Gasteiger partial charge in [-0.3, -0.25) is 10.3 Å². The van der Waals surface area contributed by atoms with Crippen molar-refractivity contribution in [1.82, 2.24) is 16.0 Å². The van der Waals surface area contributed by atoms with E-state index in [0.717, 1.165) is 12.8 Å². The number of hydrogen-bond acceptors (Lipinski definition) is 4. The fraction of sp³-hybridized carbons (Fsp3) is 0.909. The fourth-order valence-electron chi connectivity index (χ4n) is 1.88. The lowest BCUT2D eigenvalue weighted by atomic mass is 10.1. The second-order valence-electron chi connectivity index (χ2n) is 5.52. The third kappa shape index (κ3) is 5.34. The normalized spacial score (nSPS) is 17.2. The number of urea groups is 1. The van der Waals surface area contributed by atoms with Crippen LogP contribution in [0.2, 0.25) is 0 Å². The topological polar surface area (TPSA) is 79.6 Å². The Morgan fingerprint density at radius 1 is 1.41 bits per heavy atom. The molecule has 0 radical (unpaired) electrons. The van der Waals surface area contributed by atoms with Gasteiger partial charge >= 0.3 is 6.03 Å². The van der Waals surface area contributed by atoms with Crippen LogP contribution in [0.1, 0.15) is 46.5 Å². The van der Waals surface area contributed by atoms with E-state index in [9.17, 15) is 4.79 Å². The predicted molar refractivity (Wildman–Crippen MR) is 65.4 cm³/mol. The minimum absolute atomic E-state index is 0.358. The molecule has 4 N–H and O–H groups in total. The Bertz CT molecular complexity index is 246. The van der Waals surface area contributed by atoms with Gasteiger partial charge < -0.3 is 0 Å². The van der Waals surface area contributed by atoms with Crippen molar-refractivity contribution < 1.29 is 9.63 Å². The molecule has 1 aliphatic carbocycles. The van der Waals surface area contributed by atoms with E-state index in [0.29, 0.717) is 12.5 Å². The fourth-order valence-corrected chi connectivity index (χ4v) is 1.88. The molecule has 0 aliphatic heterocycles. The van der Waals surface area contributed by atoms with Crippen LogP contribution in [0.25, 0.3) is 0 Å². The number of carbonyl (C=O) groups is 1. The first kappa shape index (κ1) is 14.2. The van der Waals surface area contributed by atoms with Crippen molar-refractivity contribution in [3.8, 4) is 0 Å². The van der Waals surface area contributed by atoms with Gasteiger partial charge in [-0.1, -0.05) is 12.8 Å². The molecule has 0 aromatic carbocycles. The maximum absolute atomic E-state index is 11.6. The minimum Gasteiger partial charge on any atom is -0.276 e. The summed E-state index contributed by atoms with van der Waals surface area (Å²) in [4.78, 5) is 16.9. The lowest BCUT2D eigenvalue weighted by Crippen LogP contribution is -2.53. The van der Waals surface area contributed by atoms with Gasteiger partial charge in [-0.15, -0.1) is 5.59 Å². The summed E-state index contributed by atoms with van der Waals surface area (Å²) in [5, 5.41) is 1.40. The summed E-state index contributed by atoms with van der Waals surface area (Å²) < 4.78 is 0. The molecular weight excluding hydrogens is 220 g/mol. The zero-order valence-electron chi connectivity index (χ0n) is 11.0. The van der Waals surface area contributed by atoms with E-state index in [2.05, 4.69) is 11.0 Å². The Kier molecular flexibility index (Phi) is 5.17. The molecular formula is C11H24N4O2. The molecule has 2 amide bonds. The van der Waals surface area contributed by atoms with Crippen LogP contribution in [-0.2, 0) is 4.84 Å². The standard InChI is InChI=1S/C11H24N4O2/c1-11(2,3)17-14-15(10(16)13-12)8-9-6-4-5-7-9/h9,14H,4-8,12H2,1-3H3,(H,13,16). The van der Waals surface area contributed by atoms with Crippen molar-refractivity contribution in [1.29, 1.82) is 0 Å². The molecule has 1 rings (SSSR count). The predicted octanol–water partition coefficient (Wildman–Crippen LogP) is 1.30. The maximum Gasteiger partial charge on any atom is 0.347 e. The van der Waals surface area contributed by atoms with Crippen LogP contribution >= 0.6 is 0 Å². The van der Waals surface area contributed by atoms with Crippen LogP contribution in [0.3, 0.4) is 0 Å². The third-order valence-electron chi connectivity index (χ3n) is 2.75. The Morgan fingerprint density at radius 2 is 2.00 bits per heavy atom. The Morgan fingerprint density at radius 3 is 2.47 bits per heavy atom. The Hall–Kier alpha value is -0.850. The minimum atomic E-state index is -0.374. The first-order valence-electron chi connectivity index (χ1n) is 6.14. The highest BCUT2D eigenvalue weighted by Crippen LogP contribution is 2.25. The van der Waals surface area contributed by atoms with Gasteiger partial charge in [0.25, 0.3) is 0 Å². The molecule has 100 valence electrons.